The largest absolute Gasteiger partial charge is 0.351 e. The average Bonchev–Trinajstić information content (AvgIpc) is 2.28. The maximum Gasteiger partial charge on any atom is 0.237 e. The summed E-state index contributed by atoms with van der Waals surface area (Å²) >= 11 is 0. The number of amides is 1. The molecule has 0 aliphatic rings. The Labute approximate surface area is 96.5 Å². The van der Waals surface area contributed by atoms with Crippen molar-refractivity contribution < 1.29 is 4.79 Å². The number of aromatic nitrogens is 1. The highest BCUT2D eigenvalue weighted by molar-refractivity contribution is 5.81. The zero-order valence-corrected chi connectivity index (χ0v) is 10.0. The van der Waals surface area contributed by atoms with E-state index >= 15 is 0 Å². The molecule has 0 saturated carbocycles. The number of carbonyl (C=O) groups excluding carboxylic acids is 1. The second-order valence-electron chi connectivity index (χ2n) is 4.08. The van der Waals surface area contributed by atoms with Crippen LogP contribution >= 0.6 is 0 Å². The van der Waals surface area contributed by atoms with Crippen LogP contribution in [0.25, 0.3) is 0 Å². The van der Waals surface area contributed by atoms with Gasteiger partial charge in [0.1, 0.15) is 0 Å². The van der Waals surface area contributed by atoms with Crippen LogP contribution in [0.15, 0.2) is 24.5 Å². The SMILES string of the molecule is CNC(C(=O)NCc1ccncc1)C(C)C. The highest BCUT2D eigenvalue weighted by Gasteiger charge is 2.19. The van der Waals surface area contributed by atoms with Gasteiger partial charge in [0.05, 0.1) is 6.04 Å². The first-order valence-electron chi connectivity index (χ1n) is 5.49. The van der Waals surface area contributed by atoms with Crippen molar-refractivity contribution in [2.24, 2.45) is 5.92 Å². The van der Waals surface area contributed by atoms with Gasteiger partial charge in [-0.15, -0.1) is 0 Å². The van der Waals surface area contributed by atoms with Gasteiger partial charge in [0, 0.05) is 18.9 Å². The van der Waals surface area contributed by atoms with E-state index in [4.69, 9.17) is 0 Å². The van der Waals surface area contributed by atoms with Crippen LogP contribution < -0.4 is 10.6 Å². The third kappa shape index (κ3) is 3.62. The Balaban J connectivity index is 2.46. The third-order valence-corrected chi connectivity index (χ3v) is 2.48. The number of rotatable bonds is 5. The lowest BCUT2D eigenvalue weighted by atomic mass is 10.0. The summed E-state index contributed by atoms with van der Waals surface area (Å²) in [4.78, 5) is 15.7. The average molecular weight is 221 g/mol. The molecule has 4 nitrogen and oxygen atoms in total. The Bertz CT molecular complexity index is 324. The van der Waals surface area contributed by atoms with Crippen molar-refractivity contribution in [1.29, 1.82) is 0 Å². The summed E-state index contributed by atoms with van der Waals surface area (Å²) in [5.74, 6) is 0.316. The van der Waals surface area contributed by atoms with Crippen molar-refractivity contribution in [1.82, 2.24) is 15.6 Å². The fourth-order valence-corrected chi connectivity index (χ4v) is 1.57. The monoisotopic (exact) mass is 221 g/mol. The van der Waals surface area contributed by atoms with Crippen LogP contribution in [0.5, 0.6) is 0 Å². The van der Waals surface area contributed by atoms with Crippen molar-refractivity contribution in [3.05, 3.63) is 30.1 Å². The van der Waals surface area contributed by atoms with Gasteiger partial charge in [-0.1, -0.05) is 13.8 Å². The molecule has 2 N–H and O–H groups in total. The molecule has 0 aliphatic carbocycles. The van der Waals surface area contributed by atoms with E-state index in [1.54, 1.807) is 19.4 Å². The minimum absolute atomic E-state index is 0.0364. The molecule has 1 aromatic rings. The van der Waals surface area contributed by atoms with E-state index in [1.807, 2.05) is 26.0 Å². The molecule has 0 aliphatic heterocycles. The Kier molecular flexibility index (Phi) is 4.92. The topological polar surface area (TPSA) is 54.0 Å². The van der Waals surface area contributed by atoms with E-state index in [2.05, 4.69) is 15.6 Å². The Morgan fingerprint density at radius 2 is 2.00 bits per heavy atom. The first kappa shape index (κ1) is 12.6. The molecule has 1 rings (SSSR count). The molecule has 1 heterocycles. The van der Waals surface area contributed by atoms with Crippen LogP contribution in [-0.2, 0) is 11.3 Å². The molecule has 0 saturated heterocycles. The lowest BCUT2D eigenvalue weighted by molar-refractivity contribution is -0.124. The molecule has 88 valence electrons. The summed E-state index contributed by atoms with van der Waals surface area (Å²) in [6.07, 6.45) is 3.44. The van der Waals surface area contributed by atoms with E-state index in [1.165, 1.54) is 0 Å². The number of likely N-dealkylation sites (N-methyl/N-ethyl adjacent to an activating group) is 1. The number of carbonyl (C=O) groups is 1. The normalized spacial score (nSPS) is 12.5. The Morgan fingerprint density at radius 3 is 2.50 bits per heavy atom. The number of pyridine rings is 1. The first-order chi connectivity index (χ1) is 7.65. The summed E-state index contributed by atoms with van der Waals surface area (Å²) in [5, 5.41) is 5.92. The molecule has 0 radical (unpaired) electrons. The zero-order chi connectivity index (χ0) is 12.0. The molecule has 0 bridgehead atoms. The van der Waals surface area contributed by atoms with E-state index in [-0.39, 0.29) is 17.9 Å². The fraction of sp³-hybridized carbons (Fsp3) is 0.500. The van der Waals surface area contributed by atoms with Crippen LogP contribution in [0, 0.1) is 5.92 Å². The van der Waals surface area contributed by atoms with Crippen LogP contribution in [-0.4, -0.2) is 24.0 Å². The Hall–Kier alpha value is -1.42. The van der Waals surface area contributed by atoms with Crippen LogP contribution in [0.4, 0.5) is 0 Å². The number of hydrogen-bond donors (Lipinski definition) is 2. The van der Waals surface area contributed by atoms with Gasteiger partial charge in [-0.2, -0.15) is 0 Å². The predicted molar refractivity (Wildman–Crippen MR) is 63.8 cm³/mol. The minimum Gasteiger partial charge on any atom is -0.351 e. The number of hydrogen-bond acceptors (Lipinski definition) is 3. The second-order valence-corrected chi connectivity index (χ2v) is 4.08. The second kappa shape index (κ2) is 6.23. The van der Waals surface area contributed by atoms with Gasteiger partial charge in [0.2, 0.25) is 5.91 Å². The zero-order valence-electron chi connectivity index (χ0n) is 10.0. The molecular formula is C12H19N3O. The fourth-order valence-electron chi connectivity index (χ4n) is 1.57. The molecule has 0 spiro atoms. The van der Waals surface area contributed by atoms with Crippen molar-refractivity contribution in [2.45, 2.75) is 26.4 Å². The van der Waals surface area contributed by atoms with Crippen LogP contribution in [0.3, 0.4) is 0 Å². The highest BCUT2D eigenvalue weighted by atomic mass is 16.2. The van der Waals surface area contributed by atoms with Gasteiger partial charge in [0.15, 0.2) is 0 Å². The molecule has 1 aromatic heterocycles. The van der Waals surface area contributed by atoms with Gasteiger partial charge in [0.25, 0.3) is 0 Å². The maximum atomic E-state index is 11.8. The minimum atomic E-state index is -0.137. The lowest BCUT2D eigenvalue weighted by Crippen LogP contribution is -2.45. The van der Waals surface area contributed by atoms with Gasteiger partial charge in [-0.25, -0.2) is 0 Å². The summed E-state index contributed by atoms with van der Waals surface area (Å²) in [5.41, 5.74) is 1.06. The van der Waals surface area contributed by atoms with Crippen molar-refractivity contribution >= 4 is 5.91 Å². The molecule has 4 heteroatoms. The molecule has 16 heavy (non-hydrogen) atoms. The maximum absolute atomic E-state index is 11.8. The predicted octanol–water partition coefficient (Wildman–Crippen LogP) is 0.942. The summed E-state index contributed by atoms with van der Waals surface area (Å²) in [6, 6.07) is 3.65. The van der Waals surface area contributed by atoms with Crippen LogP contribution in [0.1, 0.15) is 19.4 Å². The van der Waals surface area contributed by atoms with Gasteiger partial charge in [-0.05, 0) is 30.7 Å². The lowest BCUT2D eigenvalue weighted by Gasteiger charge is -2.19. The van der Waals surface area contributed by atoms with Crippen molar-refractivity contribution in [2.75, 3.05) is 7.05 Å². The van der Waals surface area contributed by atoms with E-state index in [0.717, 1.165) is 5.56 Å². The standard InChI is InChI=1S/C12H19N3O/c1-9(2)11(13-3)12(16)15-8-10-4-6-14-7-5-10/h4-7,9,11,13H,8H2,1-3H3,(H,15,16). The Morgan fingerprint density at radius 1 is 1.38 bits per heavy atom. The van der Waals surface area contributed by atoms with Gasteiger partial charge >= 0.3 is 0 Å². The van der Waals surface area contributed by atoms with Gasteiger partial charge in [-0.3, -0.25) is 9.78 Å². The first-order valence-corrected chi connectivity index (χ1v) is 5.49. The number of nitrogens with one attached hydrogen (secondary N) is 2. The van der Waals surface area contributed by atoms with Crippen molar-refractivity contribution in [3.8, 4) is 0 Å². The smallest absolute Gasteiger partial charge is 0.237 e. The van der Waals surface area contributed by atoms with Crippen LogP contribution in [0.2, 0.25) is 0 Å². The third-order valence-electron chi connectivity index (χ3n) is 2.48. The summed E-state index contributed by atoms with van der Waals surface area (Å²) in [6.45, 7) is 4.59. The van der Waals surface area contributed by atoms with Crippen molar-refractivity contribution in [3.63, 3.8) is 0 Å². The summed E-state index contributed by atoms with van der Waals surface area (Å²) < 4.78 is 0. The summed E-state index contributed by atoms with van der Waals surface area (Å²) in [7, 11) is 1.80. The number of nitrogens with zero attached hydrogens (tertiary/aromatic N) is 1. The van der Waals surface area contributed by atoms with Gasteiger partial charge < -0.3 is 10.6 Å². The van der Waals surface area contributed by atoms with E-state index < -0.39 is 0 Å². The molecule has 0 fully saturated rings. The van der Waals surface area contributed by atoms with E-state index in [9.17, 15) is 4.79 Å². The highest BCUT2D eigenvalue weighted by Crippen LogP contribution is 2.02. The quantitative estimate of drug-likeness (QED) is 0.778. The van der Waals surface area contributed by atoms with E-state index in [0.29, 0.717) is 6.54 Å². The molecule has 1 unspecified atom stereocenters. The molecule has 0 aromatic carbocycles. The molecular weight excluding hydrogens is 202 g/mol. The molecule has 1 atom stereocenters. The molecule has 1 amide bonds.